The quantitative estimate of drug-likeness (QED) is 0.0630. The molecule has 0 heterocycles. The fraction of sp³-hybridized carbons (Fsp3) is 0.163. The van der Waals surface area contributed by atoms with E-state index >= 15 is 0 Å². The van der Waals surface area contributed by atoms with Gasteiger partial charge in [0.2, 0.25) is 12.1 Å². The van der Waals surface area contributed by atoms with Gasteiger partial charge in [0.05, 0.1) is 20.8 Å². The van der Waals surface area contributed by atoms with E-state index < -0.39 is 47.3 Å². The van der Waals surface area contributed by atoms with Crippen LogP contribution in [0.5, 0.6) is 0 Å². The van der Waals surface area contributed by atoms with Crippen LogP contribution in [0.15, 0.2) is 105 Å². The molecule has 2 atom stereocenters. The Balaban J connectivity index is 1.27. The zero-order valence-corrected chi connectivity index (χ0v) is 37.1. The first-order chi connectivity index (χ1) is 29.3. The van der Waals surface area contributed by atoms with Gasteiger partial charge in [0.25, 0.3) is 23.6 Å². The molecule has 0 fully saturated rings. The van der Waals surface area contributed by atoms with Gasteiger partial charge in [0.1, 0.15) is 11.4 Å². The van der Waals surface area contributed by atoms with E-state index in [-0.39, 0.29) is 48.9 Å². The molecule has 0 saturated carbocycles. The Bertz CT molecular complexity index is 2530. The van der Waals surface area contributed by atoms with Crippen molar-refractivity contribution in [1.82, 2.24) is 0 Å². The van der Waals surface area contributed by atoms with Crippen molar-refractivity contribution in [3.63, 3.8) is 0 Å². The second kappa shape index (κ2) is 20.7. The van der Waals surface area contributed by atoms with Gasteiger partial charge in [0.15, 0.2) is 11.6 Å². The average molecular weight is 937 g/mol. The summed E-state index contributed by atoms with van der Waals surface area (Å²) in [5.41, 5.74) is 3.34. The minimum atomic E-state index is -1.65. The van der Waals surface area contributed by atoms with Crippen molar-refractivity contribution in [3.05, 3.63) is 138 Å². The minimum Gasteiger partial charge on any atom is -0.323 e. The lowest BCUT2D eigenvalue weighted by Gasteiger charge is -2.16. The van der Waals surface area contributed by atoms with Crippen molar-refractivity contribution in [2.45, 2.75) is 46.7 Å². The van der Waals surface area contributed by atoms with E-state index in [4.69, 9.17) is 58.0 Å². The number of anilines is 4. The van der Waals surface area contributed by atoms with Crippen LogP contribution in [0.25, 0.3) is 0 Å². The van der Waals surface area contributed by atoms with Crippen LogP contribution in [0, 0.1) is 20.8 Å². The molecule has 0 spiro atoms. The van der Waals surface area contributed by atoms with Gasteiger partial charge >= 0.3 is 0 Å². The fourth-order valence-electron chi connectivity index (χ4n) is 5.53. The summed E-state index contributed by atoms with van der Waals surface area (Å²) in [6.07, 6.45) is 0. The number of benzene rings is 5. The maximum absolute atomic E-state index is 13.4. The third-order valence-electron chi connectivity index (χ3n) is 9.11. The lowest BCUT2D eigenvalue weighted by atomic mass is 10.1. The highest BCUT2D eigenvalue weighted by molar-refractivity contribution is 6.35. The SMILES string of the molecule is CC(=O)[C@@H](N=Nc1cc(C(=O)Nc2cccc(Cl)c2C)ccc1Cl)C(=O)Nc1cc(Cl)c(NC(=O)[C@@H](N=Nc2cc(C(=O)Nc3cccc(Cl)c3C)ccc2Cl)C(C)=O)cc1C. The molecule has 19 heteroatoms. The first-order valence-electron chi connectivity index (χ1n) is 18.3. The van der Waals surface area contributed by atoms with Crippen LogP contribution in [0.1, 0.15) is 51.3 Å². The van der Waals surface area contributed by atoms with Crippen molar-refractivity contribution < 1.29 is 28.8 Å². The van der Waals surface area contributed by atoms with Crippen molar-refractivity contribution in [2.75, 3.05) is 21.3 Å². The van der Waals surface area contributed by atoms with E-state index in [2.05, 4.69) is 41.7 Å². The number of hydrogen-bond donors (Lipinski definition) is 4. The molecule has 5 aromatic carbocycles. The second-order valence-corrected chi connectivity index (χ2v) is 15.7. The van der Waals surface area contributed by atoms with Crippen LogP contribution in [-0.4, -0.2) is 47.3 Å². The maximum atomic E-state index is 13.4. The largest absolute Gasteiger partial charge is 0.323 e. The van der Waals surface area contributed by atoms with Gasteiger partial charge in [-0.2, -0.15) is 20.5 Å². The molecule has 0 bridgehead atoms. The molecule has 4 N–H and O–H groups in total. The number of azo groups is 2. The third kappa shape index (κ3) is 11.7. The lowest BCUT2D eigenvalue weighted by molar-refractivity contribution is -0.127. The lowest BCUT2D eigenvalue weighted by Crippen LogP contribution is -2.32. The molecule has 5 aromatic rings. The van der Waals surface area contributed by atoms with Crippen molar-refractivity contribution >= 4 is 127 Å². The van der Waals surface area contributed by atoms with Crippen molar-refractivity contribution in [3.8, 4) is 0 Å². The van der Waals surface area contributed by atoms with E-state index in [1.807, 2.05) is 0 Å². The number of Topliss-reactive ketones (excluding diaryl/α,β-unsaturated/α-hetero) is 2. The van der Waals surface area contributed by atoms with Crippen molar-refractivity contribution in [1.29, 1.82) is 0 Å². The molecule has 318 valence electrons. The molecule has 4 amide bonds. The van der Waals surface area contributed by atoms with Gasteiger partial charge in [-0.15, -0.1) is 0 Å². The van der Waals surface area contributed by atoms with E-state index in [0.717, 1.165) is 13.8 Å². The highest BCUT2D eigenvalue weighted by atomic mass is 35.5. The highest BCUT2D eigenvalue weighted by Gasteiger charge is 2.27. The molecule has 0 aliphatic heterocycles. The Morgan fingerprint density at radius 1 is 0.468 bits per heavy atom. The molecule has 62 heavy (non-hydrogen) atoms. The van der Waals surface area contributed by atoms with Gasteiger partial charge in [-0.25, -0.2) is 0 Å². The third-order valence-corrected chi connectivity index (χ3v) is 10.9. The number of carbonyl (C=O) groups excluding carboxylic acids is 6. The number of nitrogens with zero attached hydrogens (tertiary/aromatic N) is 4. The minimum absolute atomic E-state index is 0.0163. The summed E-state index contributed by atoms with van der Waals surface area (Å²) in [5.74, 6) is -4.06. The summed E-state index contributed by atoms with van der Waals surface area (Å²) < 4.78 is 0. The molecule has 0 radical (unpaired) electrons. The van der Waals surface area contributed by atoms with Crippen LogP contribution < -0.4 is 21.3 Å². The van der Waals surface area contributed by atoms with E-state index in [9.17, 15) is 28.8 Å². The first-order valence-corrected chi connectivity index (χ1v) is 20.2. The topological polar surface area (TPSA) is 200 Å². The summed E-state index contributed by atoms with van der Waals surface area (Å²) in [4.78, 5) is 77.9. The van der Waals surface area contributed by atoms with Crippen LogP contribution >= 0.6 is 58.0 Å². The summed E-state index contributed by atoms with van der Waals surface area (Å²) in [5, 5.41) is 27.7. The number of carbonyl (C=O) groups is 6. The number of aryl methyl sites for hydroxylation is 1. The zero-order valence-electron chi connectivity index (χ0n) is 33.4. The molecule has 0 aliphatic rings. The smallest absolute Gasteiger partial charge is 0.258 e. The van der Waals surface area contributed by atoms with Crippen LogP contribution in [0.4, 0.5) is 34.1 Å². The number of ketones is 2. The van der Waals surface area contributed by atoms with Gasteiger partial charge < -0.3 is 21.3 Å². The molecule has 14 nitrogen and oxygen atoms in total. The van der Waals surface area contributed by atoms with Crippen LogP contribution in [0.3, 0.4) is 0 Å². The standard InChI is InChI=1S/C43H35Cl5N8O6/c1-20-16-35(52-43(62)39(24(5)58)56-54-37-18-26(13-15-30(37)47)41(60)50-33-11-7-9-28(45)22(33)3)31(48)19-34(20)51-42(61)38(23(4)57)55-53-36-17-25(12-14-29(36)46)40(59)49-32-10-6-8-27(44)21(32)2/h6-19,38-39H,1-5H3,(H,49,59)(H,50,60)(H,51,61)(H,52,62)/t38-,39+/m1/s1. The zero-order chi connectivity index (χ0) is 45.4. The number of halogens is 5. The molecule has 5 rings (SSSR count). The van der Waals surface area contributed by atoms with E-state index in [0.29, 0.717) is 38.1 Å². The monoisotopic (exact) mass is 934 g/mol. The highest BCUT2D eigenvalue weighted by Crippen LogP contribution is 2.32. The predicted molar refractivity (Wildman–Crippen MR) is 243 cm³/mol. The Kier molecular flexibility index (Phi) is 15.7. The van der Waals surface area contributed by atoms with E-state index in [1.165, 1.54) is 48.5 Å². The van der Waals surface area contributed by atoms with E-state index in [1.54, 1.807) is 57.2 Å². The molecule has 0 unspecified atom stereocenters. The number of hydrogen-bond acceptors (Lipinski definition) is 10. The molecular weight excluding hydrogens is 902 g/mol. The summed E-state index contributed by atoms with van der Waals surface area (Å²) in [7, 11) is 0. The predicted octanol–water partition coefficient (Wildman–Crippen LogP) is 11.7. The molecule has 0 aromatic heterocycles. The number of nitrogens with one attached hydrogen (secondary N) is 4. The Hall–Kier alpha value is -6.03. The maximum Gasteiger partial charge on any atom is 0.258 e. The summed E-state index contributed by atoms with van der Waals surface area (Å²) in [6, 6.07) is 18.1. The molecule has 0 aliphatic carbocycles. The fourth-order valence-corrected chi connectivity index (χ4v) is 6.40. The second-order valence-electron chi connectivity index (χ2n) is 13.6. The van der Waals surface area contributed by atoms with Crippen molar-refractivity contribution in [2.24, 2.45) is 20.5 Å². The Labute approximate surface area is 380 Å². The summed E-state index contributed by atoms with van der Waals surface area (Å²) in [6.45, 7) is 7.39. The summed E-state index contributed by atoms with van der Waals surface area (Å²) >= 11 is 31.5. The van der Waals surface area contributed by atoms with Gasteiger partial charge in [-0.3, -0.25) is 28.8 Å². The number of rotatable bonds is 14. The Morgan fingerprint density at radius 2 is 0.887 bits per heavy atom. The Morgan fingerprint density at radius 3 is 1.31 bits per heavy atom. The normalized spacial score (nSPS) is 12.2. The van der Waals surface area contributed by atoms with Crippen LogP contribution in [0.2, 0.25) is 25.1 Å². The molecule has 0 saturated heterocycles. The van der Waals surface area contributed by atoms with Crippen LogP contribution in [-0.2, 0) is 19.2 Å². The van der Waals surface area contributed by atoms with Gasteiger partial charge in [-0.05, 0) is 124 Å². The molecular formula is C43H35Cl5N8O6. The van der Waals surface area contributed by atoms with Gasteiger partial charge in [0, 0.05) is 38.2 Å². The van der Waals surface area contributed by atoms with Gasteiger partial charge in [-0.1, -0.05) is 70.1 Å². The first kappa shape index (κ1) is 47.0. The number of amides is 4. The average Bonchev–Trinajstić information content (AvgIpc) is 3.21.